The molecule has 0 bridgehead atoms. The van der Waals surface area contributed by atoms with Crippen LogP contribution in [0, 0.1) is 0 Å². The van der Waals surface area contributed by atoms with E-state index in [4.69, 9.17) is 58.5 Å². The predicted molar refractivity (Wildman–Crippen MR) is 120 cm³/mol. The molecular formula is C20H24Cl3NO12. The Morgan fingerprint density at radius 2 is 1.56 bits per heavy atom. The second kappa shape index (κ2) is 13.5. The van der Waals surface area contributed by atoms with Crippen molar-refractivity contribution in [3.8, 4) is 0 Å². The maximum Gasteiger partial charge on any atom is 0.373 e. The number of methoxy groups -OCH3 is 1. The number of hydrogen-bond donors (Lipinski definition) is 1. The molecule has 0 saturated heterocycles. The molecule has 13 nitrogen and oxygen atoms in total. The first-order valence-electron chi connectivity index (χ1n) is 10.1. The molecule has 0 aromatic heterocycles. The maximum absolute atomic E-state index is 12.4. The van der Waals surface area contributed by atoms with E-state index >= 15 is 0 Å². The average molecular weight is 577 g/mol. The first-order chi connectivity index (χ1) is 16.6. The molecule has 1 N–H and O–H groups in total. The van der Waals surface area contributed by atoms with Crippen molar-refractivity contribution in [3.05, 3.63) is 11.8 Å². The Kier molecular flexibility index (Phi) is 11.7. The summed E-state index contributed by atoms with van der Waals surface area (Å²) in [4.78, 5) is 71.7. The number of rotatable bonds is 9. The fourth-order valence-corrected chi connectivity index (χ4v) is 3.19. The smallest absolute Gasteiger partial charge is 0.373 e. The summed E-state index contributed by atoms with van der Waals surface area (Å²) in [5.74, 6) is -6.17. The Morgan fingerprint density at radius 1 is 0.972 bits per heavy atom. The largest absolute Gasteiger partial charge is 0.475 e. The van der Waals surface area contributed by atoms with Crippen LogP contribution >= 0.6 is 34.8 Å². The third-order valence-electron chi connectivity index (χ3n) is 4.28. The number of amides is 1. The van der Waals surface area contributed by atoms with Gasteiger partial charge in [0.25, 0.3) is 9.70 Å². The SMILES string of the molecule is COC(=O)C1=C[C@@H](NC(=O)C(Cl)(Cl)Cl)[C@@H](OC(C)=O)[C@H]([C@@H](OC(C)=O)[C@@H](COC(C)=O)OC(C)=O)O1. The molecule has 1 heterocycles. The van der Waals surface area contributed by atoms with E-state index in [2.05, 4.69) is 10.1 Å². The lowest BCUT2D eigenvalue weighted by Gasteiger charge is -2.41. The van der Waals surface area contributed by atoms with Crippen molar-refractivity contribution in [2.24, 2.45) is 0 Å². The summed E-state index contributed by atoms with van der Waals surface area (Å²) in [6.45, 7) is 3.51. The van der Waals surface area contributed by atoms with Crippen LogP contribution in [-0.4, -0.2) is 83.7 Å². The number of halogens is 3. The fourth-order valence-electron chi connectivity index (χ4n) is 3.03. The normalized spacial score (nSPS) is 20.9. The molecule has 0 spiro atoms. The van der Waals surface area contributed by atoms with E-state index in [0.29, 0.717) is 0 Å². The van der Waals surface area contributed by atoms with Crippen LogP contribution in [0.1, 0.15) is 27.7 Å². The molecule has 16 heteroatoms. The molecule has 202 valence electrons. The molecule has 0 aliphatic carbocycles. The van der Waals surface area contributed by atoms with Crippen molar-refractivity contribution in [2.45, 2.75) is 61.9 Å². The second-order valence-electron chi connectivity index (χ2n) is 7.20. The molecule has 1 amide bonds. The summed E-state index contributed by atoms with van der Waals surface area (Å²) in [7, 11) is 1.03. The van der Waals surface area contributed by atoms with Crippen LogP contribution in [0.15, 0.2) is 11.8 Å². The topological polar surface area (TPSA) is 170 Å². The van der Waals surface area contributed by atoms with Gasteiger partial charge in [-0.1, -0.05) is 34.8 Å². The third kappa shape index (κ3) is 9.70. The van der Waals surface area contributed by atoms with Gasteiger partial charge in [0.15, 0.2) is 24.4 Å². The highest BCUT2D eigenvalue weighted by atomic mass is 35.6. The van der Waals surface area contributed by atoms with Gasteiger partial charge in [-0.25, -0.2) is 4.79 Å². The molecule has 0 unspecified atom stereocenters. The minimum atomic E-state index is -2.46. The summed E-state index contributed by atoms with van der Waals surface area (Å²) >= 11 is 16.9. The van der Waals surface area contributed by atoms with E-state index < -0.39 is 82.4 Å². The summed E-state index contributed by atoms with van der Waals surface area (Å²) < 4.78 is 28.5. The van der Waals surface area contributed by atoms with Gasteiger partial charge >= 0.3 is 29.8 Å². The van der Waals surface area contributed by atoms with E-state index in [-0.39, 0.29) is 0 Å². The number of hydrogen-bond acceptors (Lipinski definition) is 12. The summed E-state index contributed by atoms with van der Waals surface area (Å²) in [6, 6.07) is -1.41. The standard InChI is InChI=1S/C20H24Cl3NO12/c1-8(25)32-7-14(33-9(2)26)16(35-11(4)28)17-15(34-10(3)27)12(24-19(30)20(21,22)23)6-13(36-17)18(29)31-5/h6,12,14-17H,7H2,1-5H3,(H,24,30)/t12-,14-,15-,16+,17-/m1/s1. The number of carbonyl (C=O) groups excluding carboxylic acids is 6. The van der Waals surface area contributed by atoms with Gasteiger partial charge in [0.1, 0.15) is 6.61 Å². The molecule has 0 radical (unpaired) electrons. The van der Waals surface area contributed by atoms with Crippen LogP contribution in [0.25, 0.3) is 0 Å². The van der Waals surface area contributed by atoms with Crippen LogP contribution in [0.5, 0.6) is 0 Å². The van der Waals surface area contributed by atoms with Crippen molar-refractivity contribution >= 4 is 70.6 Å². The molecule has 0 aromatic rings. The number of nitrogens with one attached hydrogen (secondary N) is 1. The van der Waals surface area contributed by atoms with E-state index in [1.807, 2.05) is 0 Å². The first-order valence-corrected chi connectivity index (χ1v) is 11.2. The Hall–Kier alpha value is -2.77. The van der Waals surface area contributed by atoms with Crippen LogP contribution in [0.3, 0.4) is 0 Å². The summed E-state index contributed by atoms with van der Waals surface area (Å²) in [5.41, 5.74) is 0. The highest BCUT2D eigenvalue weighted by molar-refractivity contribution is 6.76. The van der Waals surface area contributed by atoms with Gasteiger partial charge in [-0.05, 0) is 6.08 Å². The van der Waals surface area contributed by atoms with Crippen LogP contribution in [0.4, 0.5) is 0 Å². The average Bonchev–Trinajstić information content (AvgIpc) is 2.74. The molecule has 0 aromatic carbocycles. The summed E-state index contributed by atoms with van der Waals surface area (Å²) in [5, 5.41) is 2.28. The van der Waals surface area contributed by atoms with Crippen LogP contribution in [-0.2, 0) is 57.2 Å². The molecule has 1 rings (SSSR count). The van der Waals surface area contributed by atoms with E-state index in [0.717, 1.165) is 40.9 Å². The zero-order valence-corrected chi connectivity index (χ0v) is 22.0. The zero-order valence-electron chi connectivity index (χ0n) is 19.7. The van der Waals surface area contributed by atoms with Crippen LogP contribution < -0.4 is 5.32 Å². The second-order valence-corrected chi connectivity index (χ2v) is 9.48. The lowest BCUT2D eigenvalue weighted by Crippen LogP contribution is -2.61. The highest BCUT2D eigenvalue weighted by Gasteiger charge is 2.50. The predicted octanol–water partition coefficient (Wildman–Crippen LogP) is 0.655. The van der Waals surface area contributed by atoms with Crippen molar-refractivity contribution in [2.75, 3.05) is 13.7 Å². The van der Waals surface area contributed by atoms with Gasteiger partial charge in [-0.15, -0.1) is 0 Å². The monoisotopic (exact) mass is 575 g/mol. The quantitative estimate of drug-likeness (QED) is 0.231. The third-order valence-corrected chi connectivity index (χ3v) is 4.79. The van der Waals surface area contributed by atoms with Gasteiger partial charge < -0.3 is 33.7 Å². The number of esters is 5. The van der Waals surface area contributed by atoms with E-state index in [1.54, 1.807) is 0 Å². The minimum Gasteiger partial charge on any atom is -0.475 e. The Bertz CT molecular complexity index is 916. The molecule has 0 saturated carbocycles. The summed E-state index contributed by atoms with van der Waals surface area (Å²) in [6.07, 6.45) is -5.35. The first kappa shape index (κ1) is 31.3. The van der Waals surface area contributed by atoms with Gasteiger partial charge in [-0.2, -0.15) is 0 Å². The van der Waals surface area contributed by atoms with Gasteiger partial charge in [-0.3, -0.25) is 24.0 Å². The van der Waals surface area contributed by atoms with Crippen molar-refractivity contribution < 1.29 is 57.2 Å². The maximum atomic E-state index is 12.4. The van der Waals surface area contributed by atoms with Gasteiger partial charge in [0.05, 0.1) is 13.2 Å². The molecule has 36 heavy (non-hydrogen) atoms. The Morgan fingerprint density at radius 3 is 2.00 bits per heavy atom. The minimum absolute atomic E-state index is 0.522. The van der Waals surface area contributed by atoms with Crippen LogP contribution in [0.2, 0.25) is 0 Å². The Labute approximate surface area is 220 Å². The molecule has 1 aliphatic rings. The van der Waals surface area contributed by atoms with Crippen molar-refractivity contribution in [3.63, 3.8) is 0 Å². The van der Waals surface area contributed by atoms with Gasteiger partial charge in [0, 0.05) is 27.7 Å². The number of ether oxygens (including phenoxy) is 6. The molecule has 5 atom stereocenters. The van der Waals surface area contributed by atoms with Gasteiger partial charge in [0.2, 0.25) is 5.76 Å². The number of carbonyl (C=O) groups is 6. The fraction of sp³-hybridized carbons (Fsp3) is 0.600. The molecule has 1 aliphatic heterocycles. The molecule has 0 fully saturated rings. The zero-order chi connectivity index (χ0) is 27.8. The highest BCUT2D eigenvalue weighted by Crippen LogP contribution is 2.31. The van der Waals surface area contributed by atoms with E-state index in [1.165, 1.54) is 0 Å². The number of alkyl halides is 3. The Balaban J connectivity index is 3.67. The van der Waals surface area contributed by atoms with Crippen molar-refractivity contribution in [1.29, 1.82) is 0 Å². The lowest BCUT2D eigenvalue weighted by atomic mass is 9.93. The van der Waals surface area contributed by atoms with Crippen molar-refractivity contribution in [1.82, 2.24) is 5.32 Å². The lowest BCUT2D eigenvalue weighted by molar-refractivity contribution is -0.200. The molecular weight excluding hydrogens is 553 g/mol. The van der Waals surface area contributed by atoms with E-state index in [9.17, 15) is 28.8 Å².